The molecule has 0 amide bonds. The number of hydrogen-bond donors (Lipinski definition) is 3. The molecule has 0 bridgehead atoms. The van der Waals surface area contributed by atoms with E-state index in [2.05, 4.69) is 8.62 Å². The molecule has 3 N–H and O–H groups in total. The molecule has 3 unspecified atom stereocenters. The molecule has 15 heavy (non-hydrogen) atoms. The van der Waals surface area contributed by atoms with Crippen LogP contribution in [0.25, 0.3) is 0 Å². The molecule has 8 nitrogen and oxygen atoms in total. The fourth-order valence-electron chi connectivity index (χ4n) is 0.448. The fourth-order valence-corrected chi connectivity index (χ4v) is 4.30. The van der Waals surface area contributed by atoms with E-state index in [0.29, 0.717) is 6.66 Å². The van der Waals surface area contributed by atoms with Crippen molar-refractivity contribution in [1.82, 2.24) is 0 Å². The quantitative estimate of drug-likeness (QED) is 0.647. The van der Waals surface area contributed by atoms with E-state index in [1.54, 1.807) is 0 Å². The smallest absolute Gasteiger partial charge is 0.324 e. The van der Waals surface area contributed by atoms with Gasteiger partial charge in [-0.15, -0.1) is 0 Å². The fraction of sp³-hybridized carbons (Fsp3) is 1.00. The number of hydrogen-bond acceptors (Lipinski definition) is 5. The first kappa shape index (κ1) is 15.5. The second kappa shape index (κ2) is 4.78. The molecular weight excluding hydrogens is 269 g/mol. The summed E-state index contributed by atoms with van der Waals surface area (Å²) in [6, 6.07) is 0. The Morgan fingerprint density at radius 1 is 1.00 bits per heavy atom. The average molecular weight is 282 g/mol. The predicted molar refractivity (Wildman–Crippen MR) is 52.7 cm³/mol. The number of rotatable bonds is 5. The van der Waals surface area contributed by atoms with Crippen molar-refractivity contribution in [1.29, 1.82) is 0 Å². The first-order chi connectivity index (χ1) is 6.36. The van der Waals surface area contributed by atoms with Crippen molar-refractivity contribution in [2.75, 3.05) is 6.66 Å². The molecule has 0 aliphatic rings. The molecule has 0 rings (SSSR count). The van der Waals surface area contributed by atoms with Crippen LogP contribution in [0.15, 0.2) is 0 Å². The zero-order valence-corrected chi connectivity index (χ0v) is 11.0. The summed E-state index contributed by atoms with van der Waals surface area (Å²) in [6.45, 7) is 3.22. The molecule has 0 saturated carbocycles. The topological polar surface area (TPSA) is 130 Å². The van der Waals surface area contributed by atoms with Gasteiger partial charge in [0.05, 0.1) is 5.66 Å². The van der Waals surface area contributed by atoms with E-state index in [1.165, 1.54) is 13.8 Å². The van der Waals surface area contributed by atoms with Crippen LogP contribution in [0.1, 0.15) is 13.8 Å². The minimum atomic E-state index is -5.02. The molecule has 3 atom stereocenters. The Morgan fingerprint density at radius 2 is 1.40 bits per heavy atom. The molecule has 0 radical (unpaired) electrons. The summed E-state index contributed by atoms with van der Waals surface area (Å²) in [7, 11) is -13.6. The van der Waals surface area contributed by atoms with Crippen LogP contribution in [0.4, 0.5) is 0 Å². The molecule has 11 heteroatoms. The summed E-state index contributed by atoms with van der Waals surface area (Å²) in [6.07, 6.45) is 0. The summed E-state index contributed by atoms with van der Waals surface area (Å²) >= 11 is 0. The Labute approximate surface area is 86.9 Å². The highest BCUT2D eigenvalue weighted by atomic mass is 31.3. The van der Waals surface area contributed by atoms with Gasteiger partial charge in [0.25, 0.3) is 0 Å². The lowest BCUT2D eigenvalue weighted by Gasteiger charge is -2.19. The molecule has 0 aromatic heterocycles. The first-order valence-corrected chi connectivity index (χ1v) is 8.90. The van der Waals surface area contributed by atoms with Crippen LogP contribution in [0.5, 0.6) is 0 Å². The third-order valence-electron chi connectivity index (χ3n) is 1.13. The lowest BCUT2D eigenvalue weighted by molar-refractivity contribution is 0.255. The van der Waals surface area contributed by atoms with E-state index in [1.807, 2.05) is 0 Å². The van der Waals surface area contributed by atoms with E-state index in [4.69, 9.17) is 14.7 Å². The van der Waals surface area contributed by atoms with Crippen LogP contribution in [-0.4, -0.2) is 27.0 Å². The maximum absolute atomic E-state index is 11.2. The second-order valence-corrected chi connectivity index (χ2v) is 9.10. The normalized spacial score (nSPS) is 24.2. The Bertz CT molecular complexity index is 355. The third-order valence-corrected chi connectivity index (χ3v) is 6.23. The van der Waals surface area contributed by atoms with Gasteiger partial charge in [-0.3, -0.25) is 9.13 Å². The van der Waals surface area contributed by atoms with Gasteiger partial charge < -0.3 is 14.7 Å². The Hall–Kier alpha value is 0.490. The third kappa shape index (κ3) is 6.61. The van der Waals surface area contributed by atoms with Crippen LogP contribution >= 0.6 is 23.0 Å². The van der Waals surface area contributed by atoms with Gasteiger partial charge in [0.1, 0.15) is 0 Å². The largest absolute Gasteiger partial charge is 0.486 e. The molecule has 0 fully saturated rings. The van der Waals surface area contributed by atoms with E-state index < -0.39 is 28.7 Å². The van der Waals surface area contributed by atoms with Crippen molar-refractivity contribution >= 4 is 23.0 Å². The summed E-state index contributed by atoms with van der Waals surface area (Å²) in [5.74, 6) is 0. The molecule has 0 spiro atoms. The minimum absolute atomic E-state index is 0.650. The standard InChI is InChI=1S/C4H13O8P3/c1-4(2)14(7,8)12-15(9,10)11-13(3,5)6/h4H,1-3H3,(H,5,6)(H,7,8)(H,9,10). The van der Waals surface area contributed by atoms with E-state index in [9.17, 15) is 13.7 Å². The molecule has 92 valence electrons. The molecular formula is C4H13O8P3. The zero-order valence-electron chi connectivity index (χ0n) is 8.30. The zero-order chi connectivity index (χ0) is 12.5. The summed E-state index contributed by atoms with van der Waals surface area (Å²) in [5, 5.41) is 0. The molecule has 0 saturated heterocycles. The van der Waals surface area contributed by atoms with E-state index >= 15 is 0 Å². The molecule has 0 aliphatic carbocycles. The van der Waals surface area contributed by atoms with Crippen molar-refractivity contribution in [3.05, 3.63) is 0 Å². The van der Waals surface area contributed by atoms with E-state index in [0.717, 1.165) is 0 Å². The van der Waals surface area contributed by atoms with Crippen molar-refractivity contribution in [3.8, 4) is 0 Å². The SMILES string of the molecule is CC(C)P(=O)(O)OP(=O)(O)OP(C)(=O)O. The van der Waals surface area contributed by atoms with Crippen molar-refractivity contribution in [2.24, 2.45) is 0 Å². The highest BCUT2D eigenvalue weighted by molar-refractivity contribution is 7.69. The Balaban J connectivity index is 4.74. The van der Waals surface area contributed by atoms with Crippen LogP contribution < -0.4 is 0 Å². The minimum Gasteiger partial charge on any atom is -0.324 e. The molecule has 0 aromatic carbocycles. The average Bonchev–Trinajstić information content (AvgIpc) is 1.75. The maximum Gasteiger partial charge on any atom is 0.486 e. The van der Waals surface area contributed by atoms with Gasteiger partial charge in [0, 0.05) is 6.66 Å². The van der Waals surface area contributed by atoms with Crippen molar-refractivity contribution < 1.29 is 37.0 Å². The maximum atomic E-state index is 11.2. The van der Waals surface area contributed by atoms with Gasteiger partial charge >= 0.3 is 23.0 Å². The highest BCUT2D eigenvalue weighted by Gasteiger charge is 2.39. The monoisotopic (exact) mass is 282 g/mol. The van der Waals surface area contributed by atoms with Crippen LogP contribution in [0, 0.1) is 0 Å². The first-order valence-electron chi connectivity index (χ1n) is 3.74. The predicted octanol–water partition coefficient (Wildman–Crippen LogP) is 1.53. The summed E-state index contributed by atoms with van der Waals surface area (Å²) < 4.78 is 40.5. The van der Waals surface area contributed by atoms with Gasteiger partial charge in [0.2, 0.25) is 0 Å². The van der Waals surface area contributed by atoms with Crippen molar-refractivity contribution in [2.45, 2.75) is 19.5 Å². The summed E-state index contributed by atoms with van der Waals surface area (Å²) in [5.41, 5.74) is -0.934. The molecule has 0 heterocycles. The molecule has 0 aliphatic heterocycles. The van der Waals surface area contributed by atoms with Crippen LogP contribution in [-0.2, 0) is 22.3 Å². The summed E-state index contributed by atoms with van der Waals surface area (Å²) in [4.78, 5) is 26.6. The Morgan fingerprint density at radius 3 is 1.67 bits per heavy atom. The highest BCUT2D eigenvalue weighted by Crippen LogP contribution is 2.67. The van der Waals surface area contributed by atoms with E-state index in [-0.39, 0.29) is 0 Å². The van der Waals surface area contributed by atoms with Gasteiger partial charge in [-0.2, -0.15) is 0 Å². The van der Waals surface area contributed by atoms with Crippen LogP contribution in [0.2, 0.25) is 0 Å². The Kier molecular flexibility index (Phi) is 4.93. The molecule has 0 aromatic rings. The second-order valence-electron chi connectivity index (χ2n) is 3.09. The lowest BCUT2D eigenvalue weighted by atomic mass is 10.6. The van der Waals surface area contributed by atoms with Crippen molar-refractivity contribution in [3.63, 3.8) is 0 Å². The number of phosphoric acid groups is 1. The van der Waals surface area contributed by atoms with Gasteiger partial charge in [-0.1, -0.05) is 13.8 Å². The van der Waals surface area contributed by atoms with Crippen LogP contribution in [0.3, 0.4) is 0 Å². The van der Waals surface area contributed by atoms with Gasteiger partial charge in [-0.05, 0) is 0 Å². The van der Waals surface area contributed by atoms with Gasteiger partial charge in [0.15, 0.2) is 0 Å². The lowest BCUT2D eigenvalue weighted by Crippen LogP contribution is -2.01. The van der Waals surface area contributed by atoms with Gasteiger partial charge in [-0.25, -0.2) is 13.2 Å².